The van der Waals surface area contributed by atoms with Gasteiger partial charge in [0.25, 0.3) is 0 Å². The zero-order valence-corrected chi connectivity index (χ0v) is 23.5. The highest BCUT2D eigenvalue weighted by molar-refractivity contribution is 5.77. The fourth-order valence-corrected chi connectivity index (χ4v) is 5.28. The molecule has 7 nitrogen and oxygen atoms in total. The topological polar surface area (TPSA) is 99.1 Å². The summed E-state index contributed by atoms with van der Waals surface area (Å²) < 4.78 is 5.43. The van der Waals surface area contributed by atoms with E-state index in [1.165, 1.54) is 0 Å². The molecule has 1 aliphatic carbocycles. The number of benzene rings is 3. The van der Waals surface area contributed by atoms with Crippen LogP contribution >= 0.6 is 0 Å². The molecular weight excluding hydrogens is 504 g/mol. The lowest BCUT2D eigenvalue weighted by Crippen LogP contribution is -2.47. The van der Waals surface area contributed by atoms with Gasteiger partial charge in [-0.15, -0.1) is 0 Å². The van der Waals surface area contributed by atoms with Crippen LogP contribution in [-0.4, -0.2) is 51.0 Å². The van der Waals surface area contributed by atoms with E-state index < -0.39 is 36.0 Å². The normalized spacial score (nSPS) is 17.9. The lowest BCUT2D eigenvalue weighted by atomic mass is 9.97. The van der Waals surface area contributed by atoms with Crippen LogP contribution in [0.25, 0.3) is 0 Å². The third-order valence-electron chi connectivity index (χ3n) is 7.14. The number of fused-ring (bicyclic) bond motifs is 1. The van der Waals surface area contributed by atoms with E-state index in [0.717, 1.165) is 22.3 Å². The van der Waals surface area contributed by atoms with E-state index in [-0.39, 0.29) is 18.7 Å². The Bertz CT molecular complexity index is 1260. The Morgan fingerprint density at radius 1 is 0.950 bits per heavy atom. The van der Waals surface area contributed by atoms with Gasteiger partial charge >= 0.3 is 6.09 Å². The molecule has 4 atom stereocenters. The number of aliphatic hydroxyl groups is 2. The molecule has 0 spiro atoms. The highest BCUT2D eigenvalue weighted by Gasteiger charge is 2.38. The van der Waals surface area contributed by atoms with Crippen molar-refractivity contribution in [3.8, 4) is 0 Å². The summed E-state index contributed by atoms with van der Waals surface area (Å²) in [6.07, 6.45) is -1.25. The summed E-state index contributed by atoms with van der Waals surface area (Å²) in [4.78, 5) is 28.1. The Morgan fingerprint density at radius 3 is 2.20 bits per heavy atom. The van der Waals surface area contributed by atoms with Gasteiger partial charge in [-0.2, -0.15) is 0 Å². The largest absolute Gasteiger partial charge is 0.444 e. The van der Waals surface area contributed by atoms with E-state index >= 15 is 0 Å². The van der Waals surface area contributed by atoms with E-state index in [4.69, 9.17) is 4.74 Å². The summed E-state index contributed by atoms with van der Waals surface area (Å²) >= 11 is 0. The summed E-state index contributed by atoms with van der Waals surface area (Å²) in [7, 11) is 0. The van der Waals surface area contributed by atoms with Crippen LogP contribution in [0.4, 0.5) is 4.79 Å². The lowest BCUT2D eigenvalue weighted by Gasteiger charge is -2.33. The second-order valence-corrected chi connectivity index (χ2v) is 11.5. The highest BCUT2D eigenvalue weighted by atomic mass is 16.6. The minimum Gasteiger partial charge on any atom is -0.444 e. The van der Waals surface area contributed by atoms with Crippen molar-refractivity contribution in [3.05, 3.63) is 107 Å². The number of nitrogens with zero attached hydrogens (tertiary/aromatic N) is 1. The van der Waals surface area contributed by atoms with Crippen LogP contribution in [0, 0.1) is 0 Å². The molecule has 0 fully saturated rings. The molecular formula is C33H40N2O5. The fraction of sp³-hybridized carbons (Fsp3) is 0.394. The first kappa shape index (κ1) is 29.3. The van der Waals surface area contributed by atoms with Gasteiger partial charge in [-0.3, -0.25) is 4.79 Å². The van der Waals surface area contributed by atoms with E-state index in [1.807, 2.05) is 84.9 Å². The van der Waals surface area contributed by atoms with Crippen molar-refractivity contribution in [1.29, 1.82) is 0 Å². The van der Waals surface area contributed by atoms with Gasteiger partial charge in [0, 0.05) is 19.4 Å². The van der Waals surface area contributed by atoms with Crippen LogP contribution in [0.2, 0.25) is 0 Å². The molecule has 0 radical (unpaired) electrons. The number of rotatable bonds is 10. The maximum absolute atomic E-state index is 13.8. The van der Waals surface area contributed by atoms with E-state index in [0.29, 0.717) is 19.4 Å². The van der Waals surface area contributed by atoms with Gasteiger partial charge in [-0.05, 0) is 55.9 Å². The minimum absolute atomic E-state index is 0.0562. The van der Waals surface area contributed by atoms with Gasteiger partial charge in [-0.1, -0.05) is 84.9 Å². The molecule has 2 amide bonds. The molecule has 40 heavy (non-hydrogen) atoms. The number of nitrogens with one attached hydrogen (secondary N) is 1. The van der Waals surface area contributed by atoms with Crippen molar-refractivity contribution in [1.82, 2.24) is 10.2 Å². The fourth-order valence-electron chi connectivity index (χ4n) is 5.28. The average Bonchev–Trinajstić information content (AvgIpc) is 3.25. The first-order chi connectivity index (χ1) is 19.1. The Balaban J connectivity index is 1.50. The van der Waals surface area contributed by atoms with Crippen LogP contribution in [0.5, 0.6) is 0 Å². The monoisotopic (exact) mass is 544 g/mol. The smallest absolute Gasteiger partial charge is 0.407 e. The van der Waals surface area contributed by atoms with Gasteiger partial charge in [0.1, 0.15) is 5.60 Å². The van der Waals surface area contributed by atoms with Gasteiger partial charge in [0.2, 0.25) is 5.91 Å². The second kappa shape index (κ2) is 13.1. The number of aliphatic hydroxyl groups excluding tert-OH is 2. The van der Waals surface area contributed by atoms with Crippen molar-refractivity contribution in [2.45, 2.75) is 82.9 Å². The molecule has 3 aromatic carbocycles. The third kappa shape index (κ3) is 7.93. The number of carbonyl (C=O) groups excluding carboxylic acids is 2. The van der Waals surface area contributed by atoms with Crippen molar-refractivity contribution >= 4 is 12.0 Å². The molecule has 0 unspecified atom stereocenters. The third-order valence-corrected chi connectivity index (χ3v) is 7.14. The van der Waals surface area contributed by atoms with Crippen LogP contribution in [-0.2, 0) is 28.9 Å². The molecule has 0 saturated heterocycles. The Labute approximate surface area is 236 Å². The summed E-state index contributed by atoms with van der Waals surface area (Å²) in [6.45, 7) is 5.69. The quantitative estimate of drug-likeness (QED) is 0.335. The summed E-state index contributed by atoms with van der Waals surface area (Å²) in [5.41, 5.74) is 3.22. The molecule has 4 rings (SSSR count). The number of hydrogen-bond donors (Lipinski definition) is 3. The predicted octanol–water partition coefficient (Wildman–Crippen LogP) is 4.95. The molecule has 212 valence electrons. The molecule has 0 bridgehead atoms. The zero-order chi connectivity index (χ0) is 28.7. The standard InChI is InChI=1S/C33H40N2O5/c1-33(2,3)40-32(39)34-27(20-23-12-6-4-7-13-23)28(36)18-19-30(38)35(22-24-14-8-5-9-15-24)31-26-17-11-10-16-25(26)21-29(31)37/h4-17,27-29,31,36-37H,18-22H2,1-3H3,(H,34,39)/t27-,28-,29+,31-/m0/s1. The maximum Gasteiger partial charge on any atom is 0.407 e. The van der Waals surface area contributed by atoms with E-state index in [1.54, 1.807) is 25.7 Å². The molecule has 1 aliphatic rings. The zero-order valence-electron chi connectivity index (χ0n) is 23.5. The molecule has 7 heteroatoms. The predicted molar refractivity (Wildman–Crippen MR) is 154 cm³/mol. The SMILES string of the molecule is CC(C)(C)OC(=O)N[C@@H](Cc1ccccc1)[C@@H](O)CCC(=O)N(Cc1ccccc1)[C@H]1c2ccccc2C[C@H]1O. The van der Waals surface area contributed by atoms with Crippen molar-refractivity contribution in [2.24, 2.45) is 0 Å². The summed E-state index contributed by atoms with van der Waals surface area (Å²) in [5.74, 6) is -0.167. The Morgan fingerprint density at radius 2 is 1.55 bits per heavy atom. The molecule has 0 heterocycles. The molecule has 3 aromatic rings. The Kier molecular flexibility index (Phi) is 9.61. The Hall–Kier alpha value is -3.68. The van der Waals surface area contributed by atoms with Crippen molar-refractivity contribution in [3.63, 3.8) is 0 Å². The highest BCUT2D eigenvalue weighted by Crippen LogP contribution is 2.37. The molecule has 0 aromatic heterocycles. The van der Waals surface area contributed by atoms with Gasteiger partial charge < -0.3 is 25.2 Å². The number of amides is 2. The minimum atomic E-state index is -0.990. The van der Waals surface area contributed by atoms with Crippen LogP contribution < -0.4 is 5.32 Å². The first-order valence-corrected chi connectivity index (χ1v) is 13.9. The van der Waals surface area contributed by atoms with Gasteiger partial charge in [0.05, 0.1) is 24.3 Å². The van der Waals surface area contributed by atoms with Gasteiger partial charge in [0.15, 0.2) is 0 Å². The van der Waals surface area contributed by atoms with E-state index in [9.17, 15) is 19.8 Å². The van der Waals surface area contributed by atoms with Crippen molar-refractivity contribution in [2.75, 3.05) is 0 Å². The van der Waals surface area contributed by atoms with Gasteiger partial charge in [-0.25, -0.2) is 4.79 Å². The molecule has 0 saturated carbocycles. The number of ether oxygens (including phenoxy) is 1. The lowest BCUT2D eigenvalue weighted by molar-refractivity contribution is -0.137. The first-order valence-electron chi connectivity index (χ1n) is 13.9. The van der Waals surface area contributed by atoms with Crippen LogP contribution in [0.1, 0.15) is 61.9 Å². The number of carbonyl (C=O) groups is 2. The second-order valence-electron chi connectivity index (χ2n) is 11.5. The van der Waals surface area contributed by atoms with Crippen LogP contribution in [0.15, 0.2) is 84.9 Å². The number of hydrogen-bond acceptors (Lipinski definition) is 5. The average molecular weight is 545 g/mol. The van der Waals surface area contributed by atoms with Crippen LogP contribution in [0.3, 0.4) is 0 Å². The molecule has 0 aliphatic heterocycles. The van der Waals surface area contributed by atoms with Crippen molar-refractivity contribution < 1.29 is 24.5 Å². The summed E-state index contributed by atoms with van der Waals surface area (Å²) in [6, 6.07) is 26.0. The summed E-state index contributed by atoms with van der Waals surface area (Å²) in [5, 5.41) is 25.1. The van der Waals surface area contributed by atoms with E-state index in [2.05, 4.69) is 5.32 Å². The maximum atomic E-state index is 13.8. The molecule has 3 N–H and O–H groups in total. The number of alkyl carbamates (subject to hydrolysis) is 1.